The van der Waals surface area contributed by atoms with Gasteiger partial charge in [-0.3, -0.25) is 4.79 Å². The molecule has 0 aliphatic rings. The fraction of sp³-hybridized carbons (Fsp3) is 0.105. The molecule has 6 nitrogen and oxygen atoms in total. The van der Waals surface area contributed by atoms with Crippen LogP contribution in [0, 0.1) is 13.8 Å². The highest BCUT2D eigenvalue weighted by molar-refractivity contribution is 6.30. The number of carbonyl (C=O) groups excluding carboxylic acids is 1. The Hall–Kier alpha value is -3.12. The number of amides is 1. The van der Waals surface area contributed by atoms with E-state index in [0.29, 0.717) is 16.5 Å². The molecule has 4 aromatic rings. The second kappa shape index (κ2) is 6.31. The predicted octanol–water partition coefficient (Wildman–Crippen LogP) is 4.04. The molecule has 7 heteroatoms. The number of nitrogens with zero attached hydrogens (tertiary/aromatic N) is 4. The van der Waals surface area contributed by atoms with Crippen LogP contribution < -0.4 is 5.32 Å². The number of imidazole rings is 1. The van der Waals surface area contributed by atoms with Crippen molar-refractivity contribution in [1.29, 1.82) is 0 Å². The van der Waals surface area contributed by atoms with Gasteiger partial charge >= 0.3 is 0 Å². The molecule has 1 amide bonds. The van der Waals surface area contributed by atoms with Crippen LogP contribution in [0.2, 0.25) is 5.02 Å². The molecular formula is C19H16ClN5O. The van der Waals surface area contributed by atoms with Crippen molar-refractivity contribution >= 4 is 29.0 Å². The molecule has 0 saturated carbocycles. The highest BCUT2D eigenvalue weighted by atomic mass is 35.5. The van der Waals surface area contributed by atoms with Crippen molar-refractivity contribution in [3.8, 4) is 5.69 Å². The zero-order chi connectivity index (χ0) is 18.3. The number of hydrogen-bond donors (Lipinski definition) is 1. The predicted molar refractivity (Wildman–Crippen MR) is 101 cm³/mol. The average Bonchev–Trinajstić information content (AvgIpc) is 3.19. The Morgan fingerprint density at radius 1 is 1.12 bits per heavy atom. The highest BCUT2D eigenvalue weighted by Crippen LogP contribution is 2.21. The minimum absolute atomic E-state index is 0.295. The number of fused-ring (bicyclic) bond motifs is 1. The van der Waals surface area contributed by atoms with Gasteiger partial charge in [0.1, 0.15) is 17.2 Å². The van der Waals surface area contributed by atoms with Gasteiger partial charge in [-0.2, -0.15) is 5.10 Å². The number of halogens is 1. The minimum atomic E-state index is -0.295. The lowest BCUT2D eigenvalue weighted by atomic mass is 10.3. The first kappa shape index (κ1) is 16.4. The number of nitrogens with one attached hydrogen (secondary N) is 1. The number of aryl methyl sites for hydroxylation is 2. The monoisotopic (exact) mass is 365 g/mol. The summed E-state index contributed by atoms with van der Waals surface area (Å²) in [6.45, 7) is 3.83. The van der Waals surface area contributed by atoms with Gasteiger partial charge in [0.2, 0.25) is 0 Å². The van der Waals surface area contributed by atoms with E-state index in [9.17, 15) is 4.79 Å². The molecular weight excluding hydrogens is 350 g/mol. The number of benzene rings is 1. The Morgan fingerprint density at radius 3 is 2.69 bits per heavy atom. The van der Waals surface area contributed by atoms with E-state index in [2.05, 4.69) is 15.4 Å². The van der Waals surface area contributed by atoms with E-state index in [1.807, 2.05) is 48.6 Å². The van der Waals surface area contributed by atoms with Gasteiger partial charge in [-0.15, -0.1) is 0 Å². The van der Waals surface area contributed by atoms with Gasteiger partial charge in [0.25, 0.3) is 5.91 Å². The van der Waals surface area contributed by atoms with E-state index >= 15 is 0 Å². The van der Waals surface area contributed by atoms with Crippen molar-refractivity contribution in [1.82, 2.24) is 19.2 Å². The molecule has 0 atom stereocenters. The van der Waals surface area contributed by atoms with Gasteiger partial charge in [0.15, 0.2) is 0 Å². The minimum Gasteiger partial charge on any atom is -0.305 e. The van der Waals surface area contributed by atoms with Crippen LogP contribution in [0.1, 0.15) is 21.9 Å². The SMILES string of the molecule is Cc1cc(NC(=O)c2cn3c(C)cccc3n2)n(-c2cccc(Cl)c2)n1. The third-order valence-electron chi connectivity index (χ3n) is 4.05. The van der Waals surface area contributed by atoms with Gasteiger partial charge in [-0.1, -0.05) is 23.7 Å². The number of anilines is 1. The fourth-order valence-electron chi connectivity index (χ4n) is 2.83. The first-order valence-electron chi connectivity index (χ1n) is 8.10. The molecule has 130 valence electrons. The third kappa shape index (κ3) is 2.95. The highest BCUT2D eigenvalue weighted by Gasteiger charge is 2.15. The summed E-state index contributed by atoms with van der Waals surface area (Å²) in [5.41, 5.74) is 3.64. The summed E-state index contributed by atoms with van der Waals surface area (Å²) < 4.78 is 3.54. The van der Waals surface area contributed by atoms with Gasteiger partial charge in [-0.25, -0.2) is 9.67 Å². The van der Waals surface area contributed by atoms with Crippen LogP contribution in [0.25, 0.3) is 11.3 Å². The largest absolute Gasteiger partial charge is 0.305 e. The number of pyridine rings is 1. The molecule has 26 heavy (non-hydrogen) atoms. The molecule has 0 aliphatic heterocycles. The van der Waals surface area contributed by atoms with Crippen molar-refractivity contribution < 1.29 is 4.79 Å². The fourth-order valence-corrected chi connectivity index (χ4v) is 3.02. The summed E-state index contributed by atoms with van der Waals surface area (Å²) in [6, 6.07) is 14.8. The Bertz CT molecular complexity index is 1130. The summed E-state index contributed by atoms with van der Waals surface area (Å²) in [5, 5.41) is 7.93. The van der Waals surface area contributed by atoms with Crippen molar-refractivity contribution in [2.24, 2.45) is 0 Å². The van der Waals surface area contributed by atoms with Crippen molar-refractivity contribution in [2.75, 3.05) is 5.32 Å². The molecule has 0 spiro atoms. The molecule has 0 fully saturated rings. The molecule has 0 saturated heterocycles. The van der Waals surface area contributed by atoms with Crippen LogP contribution in [0.4, 0.5) is 5.82 Å². The quantitative estimate of drug-likeness (QED) is 0.596. The Morgan fingerprint density at radius 2 is 1.92 bits per heavy atom. The molecule has 3 aromatic heterocycles. The van der Waals surface area contributed by atoms with Crippen molar-refractivity contribution in [3.05, 3.63) is 76.8 Å². The van der Waals surface area contributed by atoms with Gasteiger partial charge in [-0.05, 0) is 44.2 Å². The number of carbonyl (C=O) groups is 1. The van der Waals surface area contributed by atoms with Crippen LogP contribution in [-0.2, 0) is 0 Å². The van der Waals surface area contributed by atoms with Crippen molar-refractivity contribution in [3.63, 3.8) is 0 Å². The summed E-state index contributed by atoms with van der Waals surface area (Å²) in [4.78, 5) is 17.1. The molecule has 0 unspecified atom stereocenters. The molecule has 1 aromatic carbocycles. The zero-order valence-corrected chi connectivity index (χ0v) is 15.0. The summed E-state index contributed by atoms with van der Waals surface area (Å²) in [5.74, 6) is 0.264. The zero-order valence-electron chi connectivity index (χ0n) is 14.3. The van der Waals surface area contributed by atoms with E-state index in [1.165, 1.54) is 0 Å². The van der Waals surface area contributed by atoms with Crippen LogP contribution in [0.3, 0.4) is 0 Å². The Balaban J connectivity index is 1.68. The van der Waals surface area contributed by atoms with Crippen LogP contribution in [0.15, 0.2) is 54.7 Å². The number of aromatic nitrogens is 4. The van der Waals surface area contributed by atoms with Gasteiger partial charge < -0.3 is 9.72 Å². The first-order valence-corrected chi connectivity index (χ1v) is 8.48. The van der Waals surface area contributed by atoms with Crippen LogP contribution >= 0.6 is 11.6 Å². The smallest absolute Gasteiger partial charge is 0.277 e. The second-order valence-corrected chi connectivity index (χ2v) is 6.47. The lowest BCUT2D eigenvalue weighted by molar-refractivity contribution is 0.102. The summed E-state index contributed by atoms with van der Waals surface area (Å²) >= 11 is 6.07. The number of rotatable bonds is 3. The van der Waals surface area contributed by atoms with Gasteiger partial charge in [0.05, 0.1) is 11.4 Å². The third-order valence-corrected chi connectivity index (χ3v) is 4.29. The normalized spacial score (nSPS) is 11.0. The summed E-state index contributed by atoms with van der Waals surface area (Å²) in [7, 11) is 0. The Kier molecular flexibility index (Phi) is 3.97. The van der Waals surface area contributed by atoms with E-state index in [1.54, 1.807) is 29.1 Å². The Labute approximate surface area is 155 Å². The first-order chi connectivity index (χ1) is 12.5. The van der Waals surface area contributed by atoms with Crippen molar-refractivity contribution in [2.45, 2.75) is 13.8 Å². The van der Waals surface area contributed by atoms with E-state index in [-0.39, 0.29) is 5.91 Å². The molecule has 0 radical (unpaired) electrons. The van der Waals surface area contributed by atoms with Crippen LogP contribution in [-0.4, -0.2) is 25.1 Å². The van der Waals surface area contributed by atoms with E-state index in [0.717, 1.165) is 22.7 Å². The van der Waals surface area contributed by atoms with E-state index in [4.69, 9.17) is 11.6 Å². The summed E-state index contributed by atoms with van der Waals surface area (Å²) in [6.07, 6.45) is 1.73. The standard InChI is InChI=1S/C19H16ClN5O/c1-12-9-18(25(23-12)15-7-4-6-14(20)10-15)22-19(26)16-11-24-13(2)5-3-8-17(24)21-16/h3-11H,1-2H3,(H,22,26). The maximum atomic E-state index is 12.7. The topological polar surface area (TPSA) is 64.2 Å². The molecule has 0 aliphatic carbocycles. The maximum Gasteiger partial charge on any atom is 0.277 e. The van der Waals surface area contributed by atoms with Crippen LogP contribution in [0.5, 0.6) is 0 Å². The van der Waals surface area contributed by atoms with Gasteiger partial charge in [0, 0.05) is 23.0 Å². The molecule has 0 bridgehead atoms. The van der Waals surface area contributed by atoms with E-state index < -0.39 is 0 Å². The number of hydrogen-bond acceptors (Lipinski definition) is 3. The second-order valence-electron chi connectivity index (χ2n) is 6.04. The molecule has 3 heterocycles. The molecule has 1 N–H and O–H groups in total. The maximum absolute atomic E-state index is 12.7. The average molecular weight is 366 g/mol. The lowest BCUT2D eigenvalue weighted by Crippen LogP contribution is -2.15. The lowest BCUT2D eigenvalue weighted by Gasteiger charge is -2.08. The molecule has 4 rings (SSSR count).